The Bertz CT molecular complexity index is 2340. The van der Waals surface area contributed by atoms with E-state index in [4.69, 9.17) is 19.4 Å². The summed E-state index contributed by atoms with van der Waals surface area (Å²) in [4.78, 5) is 28.1. The first-order valence-corrected chi connectivity index (χ1v) is 14.7. The predicted octanol–water partition coefficient (Wildman–Crippen LogP) is 9.47. The molecule has 5 nitrogen and oxygen atoms in total. The summed E-state index contributed by atoms with van der Waals surface area (Å²) in [5.74, 6) is 1.83. The number of hydrogen-bond acceptors (Lipinski definition) is 5. The van der Waals surface area contributed by atoms with Crippen LogP contribution in [0.4, 0.5) is 0 Å². The SMILES string of the molecule is O=c1c2ccccc2oc2ccc(-c3cccc(-c4ccccc4-c4nc(-c5ccccc5)nc(-c5ccccc5)n4)c3)cc12. The van der Waals surface area contributed by atoms with E-state index in [0.29, 0.717) is 39.4 Å². The highest BCUT2D eigenvalue weighted by Gasteiger charge is 2.16. The summed E-state index contributed by atoms with van der Waals surface area (Å²) in [5, 5.41) is 1.14. The molecule has 0 saturated heterocycles. The van der Waals surface area contributed by atoms with Crippen molar-refractivity contribution in [1.82, 2.24) is 15.0 Å². The first kappa shape index (κ1) is 26.4. The number of fused-ring (bicyclic) bond motifs is 2. The smallest absolute Gasteiger partial charge is 0.200 e. The van der Waals surface area contributed by atoms with Gasteiger partial charge < -0.3 is 4.42 Å². The molecular weight excluding hydrogens is 554 g/mol. The molecule has 2 heterocycles. The van der Waals surface area contributed by atoms with Crippen LogP contribution in [0.25, 0.3) is 78.4 Å². The van der Waals surface area contributed by atoms with Crippen LogP contribution in [0.1, 0.15) is 0 Å². The van der Waals surface area contributed by atoms with Gasteiger partial charge in [0.15, 0.2) is 17.5 Å². The summed E-state index contributed by atoms with van der Waals surface area (Å²) in [6.07, 6.45) is 0. The largest absolute Gasteiger partial charge is 0.456 e. The molecule has 0 spiro atoms. The Morgan fingerprint density at radius 3 is 1.64 bits per heavy atom. The van der Waals surface area contributed by atoms with Gasteiger partial charge in [0.05, 0.1) is 10.8 Å². The Morgan fingerprint density at radius 1 is 0.378 bits per heavy atom. The van der Waals surface area contributed by atoms with Crippen molar-refractivity contribution >= 4 is 21.9 Å². The minimum Gasteiger partial charge on any atom is -0.456 e. The van der Waals surface area contributed by atoms with E-state index in [1.807, 2.05) is 121 Å². The van der Waals surface area contributed by atoms with Crippen molar-refractivity contribution in [2.24, 2.45) is 0 Å². The average Bonchev–Trinajstić information content (AvgIpc) is 3.12. The van der Waals surface area contributed by atoms with Gasteiger partial charge in [-0.25, -0.2) is 15.0 Å². The topological polar surface area (TPSA) is 68.9 Å². The van der Waals surface area contributed by atoms with Crippen LogP contribution in [0.3, 0.4) is 0 Å². The normalized spacial score (nSPS) is 11.2. The Balaban J connectivity index is 1.26. The van der Waals surface area contributed by atoms with Crippen LogP contribution in [0.2, 0.25) is 0 Å². The second kappa shape index (κ2) is 11.1. The molecule has 0 atom stereocenters. The maximum Gasteiger partial charge on any atom is 0.200 e. The van der Waals surface area contributed by atoms with Gasteiger partial charge in [-0.2, -0.15) is 0 Å². The Labute approximate surface area is 259 Å². The van der Waals surface area contributed by atoms with Gasteiger partial charge in [-0.15, -0.1) is 0 Å². The molecule has 0 N–H and O–H groups in total. The molecule has 2 aromatic heterocycles. The number of hydrogen-bond donors (Lipinski definition) is 0. The molecule has 0 fully saturated rings. The van der Waals surface area contributed by atoms with Gasteiger partial charge in [-0.05, 0) is 52.6 Å². The van der Waals surface area contributed by atoms with E-state index in [1.165, 1.54) is 0 Å². The molecule has 5 heteroatoms. The number of para-hydroxylation sites is 1. The molecule has 0 unspecified atom stereocenters. The molecule has 0 aliphatic carbocycles. The summed E-state index contributed by atoms with van der Waals surface area (Å²) in [6.45, 7) is 0. The molecule has 8 aromatic rings. The van der Waals surface area contributed by atoms with Gasteiger partial charge in [0, 0.05) is 16.7 Å². The molecule has 0 amide bonds. The van der Waals surface area contributed by atoms with Gasteiger partial charge in [-0.3, -0.25) is 4.79 Å². The Kier molecular flexibility index (Phi) is 6.54. The van der Waals surface area contributed by atoms with Crippen LogP contribution >= 0.6 is 0 Å². The van der Waals surface area contributed by atoms with Crippen molar-refractivity contribution in [3.63, 3.8) is 0 Å². The highest BCUT2D eigenvalue weighted by molar-refractivity contribution is 5.92. The van der Waals surface area contributed by atoms with Crippen molar-refractivity contribution in [2.75, 3.05) is 0 Å². The zero-order chi connectivity index (χ0) is 30.2. The zero-order valence-corrected chi connectivity index (χ0v) is 24.1. The Hall–Kier alpha value is -6.20. The van der Waals surface area contributed by atoms with Crippen LogP contribution in [-0.4, -0.2) is 15.0 Å². The standard InChI is InChI=1S/C40H25N3O2/c44-37-33-20-9-10-21-35(33)45-36-23-22-29(25-34(36)37)28-16-11-17-30(24-28)31-18-7-8-19-32(31)40-42-38(26-12-3-1-4-13-26)41-39(43-40)27-14-5-2-6-15-27/h1-25H. The summed E-state index contributed by atoms with van der Waals surface area (Å²) in [6, 6.07) is 49.6. The van der Waals surface area contributed by atoms with E-state index in [9.17, 15) is 4.79 Å². The molecule has 8 rings (SSSR count). The quantitative estimate of drug-likeness (QED) is 0.190. The van der Waals surface area contributed by atoms with Gasteiger partial charge in [0.1, 0.15) is 11.2 Å². The average molecular weight is 580 g/mol. The van der Waals surface area contributed by atoms with E-state index >= 15 is 0 Å². The second-order valence-corrected chi connectivity index (χ2v) is 10.8. The zero-order valence-electron chi connectivity index (χ0n) is 24.1. The van der Waals surface area contributed by atoms with E-state index in [0.717, 1.165) is 38.9 Å². The van der Waals surface area contributed by atoms with Gasteiger partial charge in [-0.1, -0.05) is 121 Å². The molecule has 0 radical (unpaired) electrons. The van der Waals surface area contributed by atoms with Crippen molar-refractivity contribution in [2.45, 2.75) is 0 Å². The van der Waals surface area contributed by atoms with E-state index < -0.39 is 0 Å². The highest BCUT2D eigenvalue weighted by Crippen LogP contribution is 2.35. The third-order valence-corrected chi connectivity index (χ3v) is 7.95. The fourth-order valence-electron chi connectivity index (χ4n) is 5.71. The van der Waals surface area contributed by atoms with Crippen molar-refractivity contribution in [3.05, 3.63) is 162 Å². The van der Waals surface area contributed by atoms with Gasteiger partial charge in [0.2, 0.25) is 5.43 Å². The second-order valence-electron chi connectivity index (χ2n) is 10.8. The number of nitrogens with zero attached hydrogens (tertiary/aromatic N) is 3. The minimum atomic E-state index is -0.0338. The summed E-state index contributed by atoms with van der Waals surface area (Å²) < 4.78 is 6.04. The first-order chi connectivity index (χ1) is 22.2. The fraction of sp³-hybridized carbons (Fsp3) is 0. The van der Waals surface area contributed by atoms with Crippen molar-refractivity contribution in [1.29, 1.82) is 0 Å². The van der Waals surface area contributed by atoms with Crippen molar-refractivity contribution < 1.29 is 4.42 Å². The van der Waals surface area contributed by atoms with Crippen LogP contribution in [0.15, 0.2) is 161 Å². The lowest BCUT2D eigenvalue weighted by atomic mass is 9.95. The highest BCUT2D eigenvalue weighted by atomic mass is 16.3. The number of benzene rings is 6. The van der Waals surface area contributed by atoms with E-state index in [2.05, 4.69) is 24.3 Å². The number of rotatable bonds is 5. The van der Waals surface area contributed by atoms with Gasteiger partial charge in [0.25, 0.3) is 0 Å². The molecule has 6 aromatic carbocycles. The molecule has 0 aliphatic heterocycles. The lowest BCUT2D eigenvalue weighted by Gasteiger charge is -2.13. The maximum absolute atomic E-state index is 13.3. The lowest BCUT2D eigenvalue weighted by Crippen LogP contribution is -2.02. The molecule has 0 saturated carbocycles. The molecule has 45 heavy (non-hydrogen) atoms. The van der Waals surface area contributed by atoms with E-state index in [1.54, 1.807) is 6.07 Å². The first-order valence-electron chi connectivity index (χ1n) is 14.7. The minimum absolute atomic E-state index is 0.0338. The molecule has 0 bridgehead atoms. The molecule has 0 aliphatic rings. The lowest BCUT2D eigenvalue weighted by molar-refractivity contribution is 0.660. The fourth-order valence-corrected chi connectivity index (χ4v) is 5.71. The van der Waals surface area contributed by atoms with Gasteiger partial charge >= 0.3 is 0 Å². The monoisotopic (exact) mass is 579 g/mol. The van der Waals surface area contributed by atoms with Crippen LogP contribution in [0.5, 0.6) is 0 Å². The predicted molar refractivity (Wildman–Crippen MR) is 181 cm³/mol. The Morgan fingerprint density at radius 2 is 0.911 bits per heavy atom. The van der Waals surface area contributed by atoms with Crippen LogP contribution in [-0.2, 0) is 0 Å². The van der Waals surface area contributed by atoms with E-state index in [-0.39, 0.29) is 5.43 Å². The van der Waals surface area contributed by atoms with Crippen molar-refractivity contribution in [3.8, 4) is 56.4 Å². The molecular formula is C40H25N3O2. The van der Waals surface area contributed by atoms with Crippen LogP contribution < -0.4 is 5.43 Å². The third-order valence-electron chi connectivity index (χ3n) is 7.95. The summed E-state index contributed by atoms with van der Waals surface area (Å²) >= 11 is 0. The maximum atomic E-state index is 13.3. The van der Waals surface area contributed by atoms with Crippen LogP contribution in [0, 0.1) is 0 Å². The summed E-state index contributed by atoms with van der Waals surface area (Å²) in [5.41, 5.74) is 7.80. The third kappa shape index (κ3) is 4.96. The molecule has 212 valence electrons. The summed E-state index contributed by atoms with van der Waals surface area (Å²) in [7, 11) is 0. The number of aromatic nitrogens is 3.